The van der Waals surface area contributed by atoms with E-state index in [0.717, 1.165) is 11.8 Å². The maximum Gasteiger partial charge on any atom is 0.435 e. The molecule has 1 atom stereocenters. The van der Waals surface area contributed by atoms with Gasteiger partial charge in [-0.2, -0.15) is 18.3 Å². The number of nitrogens with zero attached hydrogens (tertiary/aromatic N) is 2. The molecule has 0 aliphatic heterocycles. The van der Waals surface area contributed by atoms with Gasteiger partial charge in [-0.1, -0.05) is 12.1 Å². The van der Waals surface area contributed by atoms with Crippen LogP contribution < -0.4 is 10.5 Å². The van der Waals surface area contributed by atoms with Gasteiger partial charge in [-0.3, -0.25) is 4.79 Å². The van der Waals surface area contributed by atoms with Crippen LogP contribution in [0.15, 0.2) is 24.4 Å². The van der Waals surface area contributed by atoms with Crippen LogP contribution in [0.1, 0.15) is 29.3 Å². The summed E-state index contributed by atoms with van der Waals surface area (Å²) in [5.74, 6) is -0.342. The quantitative estimate of drug-likeness (QED) is 0.833. The summed E-state index contributed by atoms with van der Waals surface area (Å²) in [5, 5.41) is 3.65. The number of hydrogen-bond acceptors (Lipinski definition) is 5. The molecule has 0 radical (unpaired) electrons. The van der Waals surface area contributed by atoms with Crippen molar-refractivity contribution in [1.82, 2.24) is 9.78 Å². The zero-order valence-corrected chi connectivity index (χ0v) is 13.9. The summed E-state index contributed by atoms with van der Waals surface area (Å²) in [6.45, 7) is 1.72. The van der Waals surface area contributed by atoms with Crippen LogP contribution in [0.5, 0.6) is 5.75 Å². The van der Waals surface area contributed by atoms with E-state index < -0.39 is 30.3 Å². The third kappa shape index (κ3) is 3.93. The van der Waals surface area contributed by atoms with Crippen molar-refractivity contribution in [3.63, 3.8) is 0 Å². The number of ether oxygens (including phenoxy) is 2. The van der Waals surface area contributed by atoms with Crippen LogP contribution >= 0.6 is 0 Å². The van der Waals surface area contributed by atoms with Crippen molar-refractivity contribution in [2.45, 2.75) is 25.6 Å². The van der Waals surface area contributed by atoms with Crippen LogP contribution in [0.2, 0.25) is 0 Å². The van der Waals surface area contributed by atoms with Crippen LogP contribution in [0.25, 0.3) is 5.69 Å². The van der Waals surface area contributed by atoms with Crippen molar-refractivity contribution in [2.24, 2.45) is 5.73 Å². The first-order valence-electron chi connectivity index (χ1n) is 7.32. The van der Waals surface area contributed by atoms with E-state index >= 15 is 0 Å². The molecule has 2 aromatic rings. The Hall–Kier alpha value is -2.55. The van der Waals surface area contributed by atoms with Crippen molar-refractivity contribution in [3.05, 3.63) is 41.2 Å². The third-order valence-electron chi connectivity index (χ3n) is 3.67. The summed E-state index contributed by atoms with van der Waals surface area (Å²) < 4.78 is 50.8. The monoisotopic (exact) mass is 357 g/mol. The second-order valence-electron chi connectivity index (χ2n) is 5.39. The van der Waals surface area contributed by atoms with Gasteiger partial charge in [-0.05, 0) is 18.6 Å². The van der Waals surface area contributed by atoms with Crippen molar-refractivity contribution >= 4 is 5.97 Å². The van der Waals surface area contributed by atoms with E-state index in [1.54, 1.807) is 25.1 Å². The molecule has 1 heterocycles. The minimum Gasteiger partial charge on any atom is -0.494 e. The molecule has 0 amide bonds. The average molecular weight is 357 g/mol. The number of halogens is 3. The zero-order valence-electron chi connectivity index (χ0n) is 13.9. The number of hydrogen-bond donors (Lipinski definition) is 1. The Morgan fingerprint density at radius 1 is 1.36 bits per heavy atom. The van der Waals surface area contributed by atoms with E-state index in [-0.39, 0.29) is 5.56 Å². The molecule has 0 fully saturated rings. The highest BCUT2D eigenvalue weighted by Gasteiger charge is 2.39. The predicted molar refractivity (Wildman–Crippen MR) is 83.4 cm³/mol. The third-order valence-corrected chi connectivity index (χ3v) is 3.67. The van der Waals surface area contributed by atoms with Crippen molar-refractivity contribution < 1.29 is 27.4 Å². The fraction of sp³-hybridized carbons (Fsp3) is 0.375. The fourth-order valence-corrected chi connectivity index (χ4v) is 2.46. The summed E-state index contributed by atoms with van der Waals surface area (Å²) in [6, 6.07) is 3.86. The fourth-order valence-electron chi connectivity index (χ4n) is 2.46. The number of esters is 1. The van der Waals surface area contributed by atoms with Crippen molar-refractivity contribution in [1.29, 1.82) is 0 Å². The molecule has 6 nitrogen and oxygen atoms in total. The van der Waals surface area contributed by atoms with E-state index in [0.29, 0.717) is 17.0 Å². The van der Waals surface area contributed by atoms with Gasteiger partial charge in [-0.25, -0.2) is 4.68 Å². The Labute approximate surface area is 142 Å². The zero-order chi connectivity index (χ0) is 18.8. The van der Waals surface area contributed by atoms with Gasteiger partial charge in [0.25, 0.3) is 0 Å². The Bertz CT molecular complexity index is 772. The summed E-state index contributed by atoms with van der Waals surface area (Å²) >= 11 is 0. The van der Waals surface area contributed by atoms with Crippen LogP contribution in [0, 0.1) is 6.92 Å². The Morgan fingerprint density at radius 2 is 2.04 bits per heavy atom. The first-order valence-corrected chi connectivity index (χ1v) is 7.32. The molecule has 0 aliphatic rings. The molecule has 9 heteroatoms. The topological polar surface area (TPSA) is 79.4 Å². The molecule has 136 valence electrons. The first-order chi connectivity index (χ1) is 11.7. The van der Waals surface area contributed by atoms with E-state index in [1.807, 2.05) is 0 Å². The molecular weight excluding hydrogens is 339 g/mol. The average Bonchev–Trinajstić information content (AvgIpc) is 2.99. The highest BCUT2D eigenvalue weighted by atomic mass is 19.4. The number of carbonyl (C=O) groups is 1. The van der Waals surface area contributed by atoms with Gasteiger partial charge in [0.1, 0.15) is 11.4 Å². The second-order valence-corrected chi connectivity index (χ2v) is 5.39. The minimum absolute atomic E-state index is 0.289. The normalized spacial score (nSPS) is 12.8. The lowest BCUT2D eigenvalue weighted by molar-refractivity contribution is -0.144. The summed E-state index contributed by atoms with van der Waals surface area (Å²) in [7, 11) is 2.55. The maximum atomic E-state index is 13.4. The number of aromatic nitrogens is 2. The maximum absolute atomic E-state index is 13.4. The number of methoxy groups -OCH3 is 2. The van der Waals surface area contributed by atoms with Crippen LogP contribution in [-0.4, -0.2) is 30.0 Å². The van der Waals surface area contributed by atoms with Crippen LogP contribution in [0.3, 0.4) is 0 Å². The number of carbonyl (C=O) groups excluding carboxylic acids is 1. The molecule has 0 aliphatic carbocycles. The van der Waals surface area contributed by atoms with E-state index in [1.165, 1.54) is 13.3 Å². The largest absolute Gasteiger partial charge is 0.494 e. The molecule has 0 bridgehead atoms. The standard InChI is InChI=1S/C16H18F3N3O3/c1-9-5-4-6-12(24-2)14(9)22-8-10(11(20)7-13(23)25-3)15(21-22)16(17,18)19/h4-6,8,11H,7,20H2,1-3H3/t11-/m0/s1. The van der Waals surface area contributed by atoms with Crippen molar-refractivity contribution in [3.8, 4) is 11.4 Å². The lowest BCUT2D eigenvalue weighted by Crippen LogP contribution is -2.20. The molecule has 1 aromatic carbocycles. The highest BCUT2D eigenvalue weighted by Crippen LogP contribution is 2.36. The second kappa shape index (κ2) is 7.14. The SMILES string of the molecule is COC(=O)C[C@H](N)c1cn(-c2c(C)cccc2OC)nc1C(F)(F)F. The molecule has 0 unspecified atom stereocenters. The van der Waals surface area contributed by atoms with E-state index in [2.05, 4.69) is 9.84 Å². The number of alkyl halides is 3. The molecular formula is C16H18F3N3O3. The molecule has 1 aromatic heterocycles. The van der Waals surface area contributed by atoms with Gasteiger partial charge < -0.3 is 15.2 Å². The molecule has 0 saturated carbocycles. The van der Waals surface area contributed by atoms with Crippen LogP contribution in [-0.2, 0) is 15.7 Å². The number of para-hydroxylation sites is 1. The molecule has 0 spiro atoms. The van der Waals surface area contributed by atoms with Gasteiger partial charge in [0.05, 0.1) is 20.6 Å². The number of nitrogens with two attached hydrogens (primary N) is 1. The highest BCUT2D eigenvalue weighted by molar-refractivity contribution is 5.70. The smallest absolute Gasteiger partial charge is 0.435 e. The summed E-state index contributed by atoms with van der Waals surface area (Å²) in [6.07, 6.45) is -3.94. The first kappa shape index (κ1) is 18.8. The Kier molecular flexibility index (Phi) is 5.36. The molecule has 2 rings (SSSR count). The minimum atomic E-state index is -4.72. The molecule has 0 saturated heterocycles. The summed E-state index contributed by atoms with van der Waals surface area (Å²) in [5.41, 5.74) is 5.39. The van der Waals surface area contributed by atoms with Gasteiger partial charge in [0.2, 0.25) is 0 Å². The van der Waals surface area contributed by atoms with Crippen LogP contribution in [0.4, 0.5) is 13.2 Å². The van der Waals surface area contributed by atoms with Crippen molar-refractivity contribution in [2.75, 3.05) is 14.2 Å². The van der Waals surface area contributed by atoms with Gasteiger partial charge >= 0.3 is 12.1 Å². The number of aryl methyl sites for hydroxylation is 1. The Morgan fingerprint density at radius 3 is 2.60 bits per heavy atom. The Balaban J connectivity index is 2.58. The van der Waals surface area contributed by atoms with E-state index in [9.17, 15) is 18.0 Å². The summed E-state index contributed by atoms with van der Waals surface area (Å²) in [4.78, 5) is 11.4. The number of benzene rings is 1. The molecule has 2 N–H and O–H groups in total. The lowest BCUT2D eigenvalue weighted by Gasteiger charge is -2.11. The number of rotatable bonds is 5. The lowest BCUT2D eigenvalue weighted by atomic mass is 10.1. The van der Waals surface area contributed by atoms with E-state index in [4.69, 9.17) is 10.5 Å². The van der Waals surface area contributed by atoms with Gasteiger partial charge in [0.15, 0.2) is 5.69 Å². The predicted octanol–water partition coefficient (Wildman–Crippen LogP) is 2.77. The van der Waals surface area contributed by atoms with Gasteiger partial charge in [-0.15, -0.1) is 0 Å². The van der Waals surface area contributed by atoms with Gasteiger partial charge in [0, 0.05) is 17.8 Å². The molecule has 25 heavy (non-hydrogen) atoms.